The summed E-state index contributed by atoms with van der Waals surface area (Å²) >= 11 is 5.98. The van der Waals surface area contributed by atoms with Crippen LogP contribution in [0.2, 0.25) is 0 Å². The van der Waals surface area contributed by atoms with Crippen molar-refractivity contribution in [1.82, 2.24) is 10.1 Å². The third kappa shape index (κ3) is 3.00. The van der Waals surface area contributed by atoms with Crippen molar-refractivity contribution in [3.63, 3.8) is 0 Å². The van der Waals surface area contributed by atoms with Gasteiger partial charge in [0.05, 0.1) is 9.30 Å². The smallest absolute Gasteiger partial charge is 0.329 e. The summed E-state index contributed by atoms with van der Waals surface area (Å²) in [4.78, 5) is 3.00. The maximum atomic E-state index is 13.8. The topological polar surface area (TPSA) is 38.9 Å². The summed E-state index contributed by atoms with van der Waals surface area (Å²) in [6.07, 6.45) is -4.85. The minimum atomic E-state index is -4.85. The van der Waals surface area contributed by atoms with Gasteiger partial charge < -0.3 is 4.52 Å². The van der Waals surface area contributed by atoms with Gasteiger partial charge in [-0.3, -0.25) is 0 Å². The normalized spacial score (nSPS) is 12.2. The molecule has 0 aliphatic heterocycles. The van der Waals surface area contributed by atoms with Crippen molar-refractivity contribution in [3.05, 3.63) is 35.2 Å². The lowest BCUT2D eigenvalue weighted by Gasteiger charge is -2.06. The zero-order valence-electron chi connectivity index (χ0n) is 9.18. The fourth-order valence-electron chi connectivity index (χ4n) is 1.35. The van der Waals surface area contributed by atoms with Gasteiger partial charge in [0.1, 0.15) is 11.6 Å². The summed E-state index contributed by atoms with van der Waals surface area (Å²) in [7, 11) is 0. The standard InChI is InChI=1S/C10H3Br2F5N2O/c11-7(12)3-1-6(14)4(2-5(3)13)8-18-9(20-19-8)10(15,16)17/h1-2,7H. The van der Waals surface area contributed by atoms with Crippen LogP contribution in [-0.4, -0.2) is 10.1 Å². The van der Waals surface area contributed by atoms with Crippen LogP contribution >= 0.6 is 31.9 Å². The Labute approximate surface area is 125 Å². The van der Waals surface area contributed by atoms with E-state index >= 15 is 0 Å². The summed E-state index contributed by atoms with van der Waals surface area (Å²) in [6.45, 7) is 0. The van der Waals surface area contributed by atoms with Crippen molar-refractivity contribution in [2.24, 2.45) is 0 Å². The second kappa shape index (κ2) is 5.40. The molecule has 0 bridgehead atoms. The van der Waals surface area contributed by atoms with Crippen LogP contribution in [0.1, 0.15) is 15.2 Å². The molecule has 0 radical (unpaired) electrons. The summed E-state index contributed by atoms with van der Waals surface area (Å²) in [5.41, 5.74) is -0.572. The molecule has 1 heterocycles. The Kier molecular flexibility index (Phi) is 4.14. The Morgan fingerprint density at radius 3 is 2.25 bits per heavy atom. The lowest BCUT2D eigenvalue weighted by Crippen LogP contribution is -2.05. The summed E-state index contributed by atoms with van der Waals surface area (Å²) in [5, 5.41) is 2.99. The number of aromatic nitrogens is 2. The molecule has 0 saturated heterocycles. The van der Waals surface area contributed by atoms with Gasteiger partial charge in [-0.25, -0.2) is 8.78 Å². The van der Waals surface area contributed by atoms with Gasteiger partial charge in [-0.15, -0.1) is 0 Å². The van der Waals surface area contributed by atoms with Gasteiger partial charge in [0.2, 0.25) is 5.82 Å². The monoisotopic (exact) mass is 420 g/mol. The molecule has 0 aliphatic carbocycles. The second-order valence-electron chi connectivity index (χ2n) is 3.58. The highest BCUT2D eigenvalue weighted by Crippen LogP contribution is 2.35. The molecule has 0 atom stereocenters. The van der Waals surface area contributed by atoms with Crippen LogP contribution < -0.4 is 0 Å². The molecule has 0 aliphatic rings. The predicted octanol–water partition coefficient (Wildman–Crippen LogP) is 4.82. The molecule has 1 aromatic heterocycles. The number of hydrogen-bond donors (Lipinski definition) is 0. The highest BCUT2D eigenvalue weighted by Gasteiger charge is 2.38. The number of alkyl halides is 5. The molecular weight excluding hydrogens is 419 g/mol. The molecule has 0 N–H and O–H groups in total. The van der Waals surface area contributed by atoms with Gasteiger partial charge in [-0.05, 0) is 12.1 Å². The van der Waals surface area contributed by atoms with Gasteiger partial charge in [-0.1, -0.05) is 37.0 Å². The van der Waals surface area contributed by atoms with E-state index in [4.69, 9.17) is 0 Å². The Bertz CT molecular complexity index is 641. The van der Waals surface area contributed by atoms with Crippen LogP contribution in [0.3, 0.4) is 0 Å². The second-order valence-corrected chi connectivity index (χ2v) is 6.64. The Morgan fingerprint density at radius 2 is 1.75 bits per heavy atom. The average Bonchev–Trinajstić information content (AvgIpc) is 2.80. The third-order valence-corrected chi connectivity index (χ3v) is 3.22. The third-order valence-electron chi connectivity index (χ3n) is 2.23. The molecule has 2 rings (SSSR count). The number of halogens is 7. The summed E-state index contributed by atoms with van der Waals surface area (Å²) in [6, 6.07) is 1.52. The van der Waals surface area contributed by atoms with Gasteiger partial charge in [-0.2, -0.15) is 18.2 Å². The van der Waals surface area contributed by atoms with Crippen molar-refractivity contribution in [1.29, 1.82) is 0 Å². The highest BCUT2D eigenvalue weighted by atomic mass is 79.9. The number of benzene rings is 1. The molecule has 10 heteroatoms. The van der Waals surface area contributed by atoms with Crippen LogP contribution in [0.5, 0.6) is 0 Å². The highest BCUT2D eigenvalue weighted by molar-refractivity contribution is 9.24. The van der Waals surface area contributed by atoms with E-state index < -0.39 is 38.8 Å². The zero-order chi connectivity index (χ0) is 15.1. The van der Waals surface area contributed by atoms with E-state index in [1.807, 2.05) is 0 Å². The summed E-state index contributed by atoms with van der Waals surface area (Å²) < 4.78 is 67.6. The molecule has 0 fully saturated rings. The lowest BCUT2D eigenvalue weighted by atomic mass is 10.1. The quantitative estimate of drug-likeness (QED) is 0.515. The Hall–Kier alpha value is -1.03. The van der Waals surface area contributed by atoms with Crippen LogP contribution in [0.25, 0.3) is 11.4 Å². The van der Waals surface area contributed by atoms with Gasteiger partial charge in [0.15, 0.2) is 0 Å². The van der Waals surface area contributed by atoms with E-state index in [9.17, 15) is 22.0 Å². The molecule has 0 spiro atoms. The van der Waals surface area contributed by atoms with Crippen molar-refractivity contribution in [2.75, 3.05) is 0 Å². The fourth-order valence-corrected chi connectivity index (χ4v) is 2.05. The SMILES string of the molecule is Fc1cc(C(Br)Br)c(F)cc1-c1noc(C(F)(F)F)n1. The lowest BCUT2D eigenvalue weighted by molar-refractivity contribution is -0.159. The summed E-state index contributed by atoms with van der Waals surface area (Å²) in [5.74, 6) is -4.12. The maximum absolute atomic E-state index is 13.8. The number of nitrogens with zero attached hydrogens (tertiary/aromatic N) is 2. The first-order valence-corrected chi connectivity index (χ1v) is 6.71. The first-order chi connectivity index (χ1) is 9.20. The van der Waals surface area contributed by atoms with Gasteiger partial charge >= 0.3 is 12.1 Å². The Morgan fingerprint density at radius 1 is 1.10 bits per heavy atom. The van der Waals surface area contributed by atoms with Crippen molar-refractivity contribution in [3.8, 4) is 11.4 Å². The molecule has 2 aromatic rings. The molecule has 0 unspecified atom stereocenters. The van der Waals surface area contributed by atoms with Crippen molar-refractivity contribution < 1.29 is 26.5 Å². The van der Waals surface area contributed by atoms with Crippen molar-refractivity contribution in [2.45, 2.75) is 9.91 Å². The molecule has 1 aromatic carbocycles. The zero-order valence-corrected chi connectivity index (χ0v) is 12.4. The number of hydrogen-bond acceptors (Lipinski definition) is 3. The van der Waals surface area contributed by atoms with Crippen molar-refractivity contribution >= 4 is 31.9 Å². The van der Waals surface area contributed by atoms with Crippen LogP contribution in [-0.2, 0) is 6.18 Å². The fraction of sp³-hybridized carbons (Fsp3) is 0.200. The molecule has 0 saturated carbocycles. The van der Waals surface area contributed by atoms with E-state index in [0.717, 1.165) is 6.07 Å². The first kappa shape index (κ1) is 15.4. The van der Waals surface area contributed by atoms with E-state index in [1.165, 1.54) is 0 Å². The first-order valence-electron chi connectivity index (χ1n) is 4.88. The predicted molar refractivity (Wildman–Crippen MR) is 65.2 cm³/mol. The minimum Gasteiger partial charge on any atom is -0.329 e. The maximum Gasteiger partial charge on any atom is 0.471 e. The van der Waals surface area contributed by atoms with E-state index in [1.54, 1.807) is 0 Å². The molecule has 0 amide bonds. The molecule has 3 nitrogen and oxygen atoms in total. The van der Waals surface area contributed by atoms with Crippen LogP contribution in [0, 0.1) is 11.6 Å². The van der Waals surface area contributed by atoms with Gasteiger partial charge in [0.25, 0.3) is 0 Å². The Balaban J connectivity index is 2.48. The minimum absolute atomic E-state index is 0.0502. The average molecular weight is 422 g/mol. The molecular formula is C10H3Br2F5N2O. The van der Waals surface area contributed by atoms with E-state index in [2.05, 4.69) is 46.5 Å². The largest absolute Gasteiger partial charge is 0.471 e. The molecule has 20 heavy (non-hydrogen) atoms. The number of rotatable bonds is 2. The van der Waals surface area contributed by atoms with Gasteiger partial charge in [0, 0.05) is 5.56 Å². The van der Waals surface area contributed by atoms with E-state index in [0.29, 0.717) is 6.07 Å². The molecule has 108 valence electrons. The van der Waals surface area contributed by atoms with Crippen LogP contribution in [0.4, 0.5) is 22.0 Å². The van der Waals surface area contributed by atoms with E-state index in [-0.39, 0.29) is 5.56 Å². The van der Waals surface area contributed by atoms with Crippen LogP contribution in [0.15, 0.2) is 16.7 Å².